The summed E-state index contributed by atoms with van der Waals surface area (Å²) in [7, 11) is 0. The molecule has 0 aliphatic carbocycles. The van der Waals surface area contributed by atoms with Crippen molar-refractivity contribution < 1.29 is 19.1 Å². The molecule has 0 bridgehead atoms. The van der Waals surface area contributed by atoms with E-state index in [1.807, 2.05) is 37.3 Å². The van der Waals surface area contributed by atoms with Gasteiger partial charge in [0.25, 0.3) is 0 Å². The number of carbonyl (C=O) groups is 2. The largest absolute Gasteiger partial charge is 0.466 e. The molecule has 0 radical (unpaired) electrons. The highest BCUT2D eigenvalue weighted by Crippen LogP contribution is 2.40. The van der Waals surface area contributed by atoms with Crippen LogP contribution < -0.4 is 5.32 Å². The number of halogens is 2. The van der Waals surface area contributed by atoms with E-state index in [0.29, 0.717) is 32.7 Å². The third-order valence-electron chi connectivity index (χ3n) is 5.03. The molecule has 6 nitrogen and oxygen atoms in total. The topological polar surface area (TPSA) is 67.9 Å². The lowest BCUT2D eigenvalue weighted by molar-refractivity contribution is -0.159. The van der Waals surface area contributed by atoms with Gasteiger partial charge in [-0.25, -0.2) is 4.79 Å². The quantitative estimate of drug-likeness (QED) is 0.781. The van der Waals surface area contributed by atoms with E-state index in [9.17, 15) is 9.59 Å². The zero-order valence-corrected chi connectivity index (χ0v) is 16.4. The molecule has 2 aliphatic rings. The second kappa shape index (κ2) is 10.00. The summed E-state index contributed by atoms with van der Waals surface area (Å²) < 4.78 is 10.7. The summed E-state index contributed by atoms with van der Waals surface area (Å²) >= 11 is 0. The SMILES string of the molecule is CCOC(=O)[C@@]12CCN(C(=O)OCc3ccccc3)CC1CNC2.Cl.Cl. The van der Waals surface area contributed by atoms with Crippen LogP contribution in [0.15, 0.2) is 30.3 Å². The lowest BCUT2D eigenvalue weighted by Crippen LogP contribution is -2.53. The van der Waals surface area contributed by atoms with Crippen LogP contribution in [-0.4, -0.2) is 49.7 Å². The Morgan fingerprint density at radius 3 is 2.65 bits per heavy atom. The first kappa shape index (κ1) is 22.5. The number of nitrogens with one attached hydrogen (secondary N) is 1. The molecule has 1 unspecified atom stereocenters. The van der Waals surface area contributed by atoms with Crippen LogP contribution in [0.3, 0.4) is 0 Å². The summed E-state index contributed by atoms with van der Waals surface area (Å²) in [6.07, 6.45) is 0.299. The molecule has 1 aromatic rings. The molecule has 2 atom stereocenters. The molecule has 0 aromatic heterocycles. The van der Waals surface area contributed by atoms with Crippen LogP contribution in [0, 0.1) is 11.3 Å². The lowest BCUT2D eigenvalue weighted by Gasteiger charge is -2.41. The number of fused-ring (bicyclic) bond motifs is 1. The number of likely N-dealkylation sites (tertiary alicyclic amines) is 1. The fourth-order valence-electron chi connectivity index (χ4n) is 3.62. The van der Waals surface area contributed by atoms with Gasteiger partial charge < -0.3 is 19.7 Å². The van der Waals surface area contributed by atoms with Crippen LogP contribution in [0.2, 0.25) is 0 Å². The Bertz CT molecular complexity index is 602. The maximum absolute atomic E-state index is 12.4. The minimum Gasteiger partial charge on any atom is -0.466 e. The number of hydrogen-bond acceptors (Lipinski definition) is 5. The maximum Gasteiger partial charge on any atom is 0.410 e. The van der Waals surface area contributed by atoms with Crippen molar-refractivity contribution in [3.63, 3.8) is 0 Å². The van der Waals surface area contributed by atoms with Crippen molar-refractivity contribution in [1.82, 2.24) is 10.2 Å². The number of ether oxygens (including phenoxy) is 2. The van der Waals surface area contributed by atoms with Crippen molar-refractivity contribution >= 4 is 36.9 Å². The zero-order valence-electron chi connectivity index (χ0n) is 14.8. The molecule has 8 heteroatoms. The van der Waals surface area contributed by atoms with E-state index in [-0.39, 0.29) is 49.4 Å². The Balaban J connectivity index is 0.00000169. The standard InChI is InChI=1S/C18H24N2O4.2ClH/c1-2-23-16(21)18-8-9-20(11-15(18)10-19-13-18)17(22)24-12-14-6-4-3-5-7-14;;/h3-7,15,19H,2,8-13H2,1H3;2*1H/t15?,18-;;/m1../s1. The fourth-order valence-corrected chi connectivity index (χ4v) is 3.62. The molecule has 2 saturated heterocycles. The third-order valence-corrected chi connectivity index (χ3v) is 5.03. The van der Waals surface area contributed by atoms with Gasteiger partial charge in [0, 0.05) is 32.1 Å². The number of benzene rings is 1. The Morgan fingerprint density at radius 1 is 1.23 bits per heavy atom. The minimum absolute atomic E-state index is 0. The van der Waals surface area contributed by atoms with Crippen molar-refractivity contribution in [3.05, 3.63) is 35.9 Å². The van der Waals surface area contributed by atoms with E-state index in [1.54, 1.807) is 4.90 Å². The molecule has 2 fully saturated rings. The van der Waals surface area contributed by atoms with Gasteiger partial charge in [-0.1, -0.05) is 30.3 Å². The van der Waals surface area contributed by atoms with Crippen molar-refractivity contribution in [2.45, 2.75) is 20.0 Å². The molecular weight excluding hydrogens is 379 g/mol. The van der Waals surface area contributed by atoms with Gasteiger partial charge in [-0.05, 0) is 18.9 Å². The molecule has 2 heterocycles. The van der Waals surface area contributed by atoms with Crippen molar-refractivity contribution in [2.75, 3.05) is 32.8 Å². The summed E-state index contributed by atoms with van der Waals surface area (Å²) in [5, 5.41) is 3.28. The first-order chi connectivity index (χ1) is 11.7. The maximum atomic E-state index is 12.4. The van der Waals surface area contributed by atoms with Gasteiger partial charge in [-0.2, -0.15) is 0 Å². The third kappa shape index (κ3) is 4.61. The van der Waals surface area contributed by atoms with Crippen LogP contribution in [0.25, 0.3) is 0 Å². The van der Waals surface area contributed by atoms with Crippen molar-refractivity contribution in [2.24, 2.45) is 11.3 Å². The molecular formula is C18H26Cl2N2O4. The van der Waals surface area contributed by atoms with E-state index < -0.39 is 5.41 Å². The Morgan fingerprint density at radius 2 is 1.96 bits per heavy atom. The average molecular weight is 405 g/mol. The van der Waals surface area contributed by atoms with Crippen LogP contribution in [0.5, 0.6) is 0 Å². The van der Waals surface area contributed by atoms with E-state index >= 15 is 0 Å². The number of carbonyl (C=O) groups excluding carboxylic acids is 2. The minimum atomic E-state index is -0.494. The number of rotatable bonds is 4. The summed E-state index contributed by atoms with van der Waals surface area (Å²) in [6, 6.07) is 9.62. The predicted octanol–water partition coefficient (Wildman–Crippen LogP) is 2.64. The first-order valence-electron chi connectivity index (χ1n) is 8.49. The van der Waals surface area contributed by atoms with E-state index in [4.69, 9.17) is 9.47 Å². The highest BCUT2D eigenvalue weighted by Gasteiger charge is 2.53. The number of piperidine rings is 1. The molecule has 1 aromatic carbocycles. The fraction of sp³-hybridized carbons (Fsp3) is 0.556. The van der Waals surface area contributed by atoms with Crippen LogP contribution >= 0.6 is 24.8 Å². The summed E-state index contributed by atoms with van der Waals surface area (Å²) in [4.78, 5) is 26.4. The molecule has 3 rings (SSSR count). The second-order valence-corrected chi connectivity index (χ2v) is 6.44. The van der Waals surface area contributed by atoms with Crippen LogP contribution in [-0.2, 0) is 20.9 Å². The molecule has 2 aliphatic heterocycles. The van der Waals surface area contributed by atoms with E-state index in [2.05, 4.69) is 5.32 Å². The summed E-state index contributed by atoms with van der Waals surface area (Å²) in [5.41, 5.74) is 0.470. The zero-order chi connectivity index (χ0) is 17.0. The highest BCUT2D eigenvalue weighted by molar-refractivity contribution is 5.85. The molecule has 1 N–H and O–H groups in total. The molecule has 1 amide bonds. The van der Waals surface area contributed by atoms with E-state index in [1.165, 1.54) is 0 Å². The van der Waals surface area contributed by atoms with Crippen molar-refractivity contribution in [1.29, 1.82) is 0 Å². The molecule has 146 valence electrons. The number of hydrogen-bond donors (Lipinski definition) is 1. The lowest BCUT2D eigenvalue weighted by atomic mass is 9.72. The van der Waals surface area contributed by atoms with Gasteiger partial charge in [0.15, 0.2) is 0 Å². The Labute approximate surface area is 166 Å². The summed E-state index contributed by atoms with van der Waals surface area (Å²) in [6.45, 7) is 4.87. The number of amides is 1. The normalized spacial score (nSPS) is 23.9. The Hall–Kier alpha value is -1.50. The molecule has 0 spiro atoms. The molecule has 26 heavy (non-hydrogen) atoms. The van der Waals surface area contributed by atoms with E-state index in [0.717, 1.165) is 12.1 Å². The second-order valence-electron chi connectivity index (χ2n) is 6.44. The Kier molecular flexibility index (Phi) is 8.67. The smallest absolute Gasteiger partial charge is 0.410 e. The first-order valence-corrected chi connectivity index (χ1v) is 8.49. The van der Waals surface area contributed by atoms with Gasteiger partial charge in [0.1, 0.15) is 6.61 Å². The van der Waals surface area contributed by atoms with Gasteiger partial charge in [-0.15, -0.1) is 24.8 Å². The van der Waals surface area contributed by atoms with Gasteiger partial charge in [0.2, 0.25) is 0 Å². The molecule has 0 saturated carbocycles. The van der Waals surface area contributed by atoms with Gasteiger partial charge in [-0.3, -0.25) is 4.79 Å². The average Bonchev–Trinajstić information content (AvgIpc) is 3.05. The highest BCUT2D eigenvalue weighted by atomic mass is 35.5. The van der Waals surface area contributed by atoms with Crippen molar-refractivity contribution in [3.8, 4) is 0 Å². The predicted molar refractivity (Wildman–Crippen MR) is 103 cm³/mol. The van der Waals surface area contributed by atoms with Crippen LogP contribution in [0.1, 0.15) is 18.9 Å². The number of esters is 1. The monoisotopic (exact) mass is 404 g/mol. The van der Waals surface area contributed by atoms with Gasteiger partial charge >= 0.3 is 12.1 Å². The number of nitrogens with zero attached hydrogens (tertiary/aromatic N) is 1. The summed E-state index contributed by atoms with van der Waals surface area (Å²) in [5.74, 6) is -0.0631. The van der Waals surface area contributed by atoms with Gasteiger partial charge in [0.05, 0.1) is 12.0 Å². The van der Waals surface area contributed by atoms with Crippen LogP contribution in [0.4, 0.5) is 4.79 Å².